The molecule has 0 radical (unpaired) electrons. The second-order valence-corrected chi connectivity index (χ2v) is 5.20. The monoisotopic (exact) mass is 251 g/mol. The summed E-state index contributed by atoms with van der Waals surface area (Å²) in [5.74, 6) is 0.446. The zero-order chi connectivity index (χ0) is 13.8. The van der Waals surface area contributed by atoms with Crippen LogP contribution >= 0.6 is 0 Å². The predicted molar refractivity (Wildman–Crippen MR) is 70.7 cm³/mol. The summed E-state index contributed by atoms with van der Waals surface area (Å²) in [5, 5.41) is 12.1. The fourth-order valence-corrected chi connectivity index (χ4v) is 1.53. The van der Waals surface area contributed by atoms with Crippen molar-refractivity contribution in [3.63, 3.8) is 0 Å². The highest BCUT2D eigenvalue weighted by atomic mass is 16.5. The number of aryl methyl sites for hydroxylation is 2. The van der Waals surface area contributed by atoms with Gasteiger partial charge in [-0.05, 0) is 51.0 Å². The van der Waals surface area contributed by atoms with Crippen molar-refractivity contribution in [1.29, 1.82) is 0 Å². The molecule has 0 aliphatic rings. The molecular weight excluding hydrogens is 230 g/mol. The van der Waals surface area contributed by atoms with Crippen LogP contribution in [0.2, 0.25) is 0 Å². The summed E-state index contributed by atoms with van der Waals surface area (Å²) < 4.78 is 5.40. The maximum absolute atomic E-state index is 11.5. The maximum atomic E-state index is 11.5. The number of aliphatic hydroxyl groups is 1. The lowest BCUT2D eigenvalue weighted by atomic mass is 10.1. The van der Waals surface area contributed by atoms with Crippen LogP contribution in [0.25, 0.3) is 0 Å². The Morgan fingerprint density at radius 3 is 2.33 bits per heavy atom. The lowest BCUT2D eigenvalue weighted by Gasteiger charge is -2.17. The molecule has 100 valence electrons. The summed E-state index contributed by atoms with van der Waals surface area (Å²) in [6, 6.07) is 5.81. The van der Waals surface area contributed by atoms with E-state index in [0.717, 1.165) is 11.1 Å². The number of rotatable bonds is 5. The van der Waals surface area contributed by atoms with Gasteiger partial charge in [0.15, 0.2) is 6.61 Å². The average Bonchev–Trinajstić information content (AvgIpc) is 2.21. The van der Waals surface area contributed by atoms with Crippen molar-refractivity contribution in [3.05, 3.63) is 29.3 Å². The van der Waals surface area contributed by atoms with Crippen molar-refractivity contribution < 1.29 is 14.6 Å². The van der Waals surface area contributed by atoms with Crippen LogP contribution in [0.4, 0.5) is 0 Å². The molecule has 0 bridgehead atoms. The molecule has 4 heteroatoms. The fourth-order valence-electron chi connectivity index (χ4n) is 1.53. The molecule has 0 unspecified atom stereocenters. The van der Waals surface area contributed by atoms with E-state index in [1.807, 2.05) is 32.0 Å². The minimum atomic E-state index is -0.907. The Morgan fingerprint density at radius 1 is 1.28 bits per heavy atom. The lowest BCUT2D eigenvalue weighted by Crippen LogP contribution is -2.40. The second kappa shape index (κ2) is 5.87. The Hall–Kier alpha value is -1.55. The number of hydrogen-bond donors (Lipinski definition) is 2. The summed E-state index contributed by atoms with van der Waals surface area (Å²) >= 11 is 0. The third-order valence-electron chi connectivity index (χ3n) is 2.28. The van der Waals surface area contributed by atoms with E-state index in [1.54, 1.807) is 13.8 Å². The van der Waals surface area contributed by atoms with Gasteiger partial charge in [-0.2, -0.15) is 0 Å². The van der Waals surface area contributed by atoms with Gasteiger partial charge in [0.05, 0.1) is 5.60 Å². The second-order valence-electron chi connectivity index (χ2n) is 5.20. The van der Waals surface area contributed by atoms with Gasteiger partial charge in [-0.3, -0.25) is 4.79 Å². The van der Waals surface area contributed by atoms with E-state index in [1.165, 1.54) is 0 Å². The SMILES string of the molecule is Cc1cc(C)cc(OCC(=O)NCC(C)(C)O)c1. The number of carbonyl (C=O) groups excluding carboxylic acids is 1. The first-order chi connectivity index (χ1) is 8.26. The fraction of sp³-hybridized carbons (Fsp3) is 0.500. The van der Waals surface area contributed by atoms with Crippen molar-refractivity contribution in [2.75, 3.05) is 13.2 Å². The molecule has 0 saturated carbocycles. The molecule has 1 amide bonds. The number of nitrogens with one attached hydrogen (secondary N) is 1. The number of ether oxygens (including phenoxy) is 1. The normalized spacial score (nSPS) is 11.2. The quantitative estimate of drug-likeness (QED) is 0.835. The minimum absolute atomic E-state index is 0.0427. The van der Waals surface area contributed by atoms with E-state index in [-0.39, 0.29) is 19.1 Å². The summed E-state index contributed by atoms with van der Waals surface area (Å²) in [7, 11) is 0. The number of amides is 1. The number of carbonyl (C=O) groups is 1. The number of hydrogen-bond acceptors (Lipinski definition) is 3. The smallest absolute Gasteiger partial charge is 0.258 e. The summed E-state index contributed by atoms with van der Waals surface area (Å²) in [6.45, 7) is 7.40. The van der Waals surface area contributed by atoms with Gasteiger partial charge in [0.25, 0.3) is 5.91 Å². The average molecular weight is 251 g/mol. The third-order valence-corrected chi connectivity index (χ3v) is 2.28. The van der Waals surface area contributed by atoms with Gasteiger partial charge in [0.1, 0.15) is 5.75 Å². The Kier molecular flexibility index (Phi) is 4.73. The van der Waals surface area contributed by atoms with Gasteiger partial charge >= 0.3 is 0 Å². The van der Waals surface area contributed by atoms with Gasteiger partial charge < -0.3 is 15.2 Å². The van der Waals surface area contributed by atoms with E-state index in [0.29, 0.717) is 5.75 Å². The Balaban J connectivity index is 2.43. The zero-order valence-electron chi connectivity index (χ0n) is 11.4. The molecule has 2 N–H and O–H groups in total. The van der Waals surface area contributed by atoms with E-state index in [4.69, 9.17) is 4.74 Å². The van der Waals surface area contributed by atoms with E-state index >= 15 is 0 Å². The molecule has 0 fully saturated rings. The lowest BCUT2D eigenvalue weighted by molar-refractivity contribution is -0.124. The first-order valence-corrected chi connectivity index (χ1v) is 5.96. The molecule has 0 saturated heterocycles. The Labute approximate surface area is 108 Å². The molecule has 4 nitrogen and oxygen atoms in total. The summed E-state index contributed by atoms with van der Waals surface area (Å²) in [4.78, 5) is 11.5. The zero-order valence-corrected chi connectivity index (χ0v) is 11.4. The van der Waals surface area contributed by atoms with Crippen molar-refractivity contribution in [2.24, 2.45) is 0 Å². The Bertz CT molecular complexity index is 401. The van der Waals surface area contributed by atoms with E-state index in [2.05, 4.69) is 5.32 Å². The minimum Gasteiger partial charge on any atom is -0.484 e. The highest BCUT2D eigenvalue weighted by Gasteiger charge is 2.13. The molecule has 1 aromatic carbocycles. The van der Waals surface area contributed by atoms with Gasteiger partial charge in [-0.15, -0.1) is 0 Å². The van der Waals surface area contributed by atoms with Crippen LogP contribution in [0, 0.1) is 13.8 Å². The molecule has 0 aliphatic carbocycles. The molecule has 0 spiro atoms. The molecule has 18 heavy (non-hydrogen) atoms. The van der Waals surface area contributed by atoms with E-state index in [9.17, 15) is 9.90 Å². The number of benzene rings is 1. The Morgan fingerprint density at radius 2 is 1.83 bits per heavy atom. The van der Waals surface area contributed by atoms with Crippen LogP contribution in [-0.2, 0) is 4.79 Å². The third kappa shape index (κ3) is 5.68. The first kappa shape index (κ1) is 14.5. The van der Waals surface area contributed by atoms with Crippen LogP contribution in [0.15, 0.2) is 18.2 Å². The van der Waals surface area contributed by atoms with Crippen molar-refractivity contribution in [3.8, 4) is 5.75 Å². The van der Waals surface area contributed by atoms with Crippen molar-refractivity contribution in [2.45, 2.75) is 33.3 Å². The molecule has 0 aromatic heterocycles. The predicted octanol–water partition coefficient (Wildman–Crippen LogP) is 1.57. The van der Waals surface area contributed by atoms with Crippen LogP contribution in [0.5, 0.6) is 5.75 Å². The maximum Gasteiger partial charge on any atom is 0.258 e. The molecule has 1 aromatic rings. The standard InChI is InChI=1S/C14H21NO3/c1-10-5-11(2)7-12(6-10)18-8-13(16)15-9-14(3,4)17/h5-7,17H,8-9H2,1-4H3,(H,15,16). The van der Waals surface area contributed by atoms with Gasteiger partial charge in [-0.1, -0.05) is 6.07 Å². The molecule has 1 rings (SSSR count). The largest absolute Gasteiger partial charge is 0.484 e. The molecule has 0 aliphatic heterocycles. The summed E-state index contributed by atoms with van der Waals surface area (Å²) in [6.07, 6.45) is 0. The van der Waals surface area contributed by atoms with Crippen LogP contribution in [0.1, 0.15) is 25.0 Å². The first-order valence-electron chi connectivity index (χ1n) is 5.96. The molecule has 0 heterocycles. The van der Waals surface area contributed by atoms with Crippen molar-refractivity contribution in [1.82, 2.24) is 5.32 Å². The molecular formula is C14H21NO3. The van der Waals surface area contributed by atoms with Crippen LogP contribution in [-0.4, -0.2) is 29.8 Å². The van der Waals surface area contributed by atoms with Crippen LogP contribution < -0.4 is 10.1 Å². The van der Waals surface area contributed by atoms with Crippen LogP contribution in [0.3, 0.4) is 0 Å². The van der Waals surface area contributed by atoms with Gasteiger partial charge in [0.2, 0.25) is 0 Å². The summed E-state index contributed by atoms with van der Waals surface area (Å²) in [5.41, 5.74) is 1.29. The van der Waals surface area contributed by atoms with Gasteiger partial charge in [-0.25, -0.2) is 0 Å². The van der Waals surface area contributed by atoms with Crippen molar-refractivity contribution >= 4 is 5.91 Å². The highest BCUT2D eigenvalue weighted by molar-refractivity contribution is 5.77. The highest BCUT2D eigenvalue weighted by Crippen LogP contribution is 2.15. The van der Waals surface area contributed by atoms with Gasteiger partial charge in [0, 0.05) is 6.54 Å². The molecule has 0 atom stereocenters. The van der Waals surface area contributed by atoms with E-state index < -0.39 is 5.60 Å². The topological polar surface area (TPSA) is 58.6 Å².